The van der Waals surface area contributed by atoms with E-state index in [1.165, 1.54) is 64.2 Å². The second-order valence-corrected chi connectivity index (χ2v) is 6.90. The molecular weight excluding hydrogens is 288 g/mol. The smallest absolute Gasteiger partial charge is 0.0807 e. The van der Waals surface area contributed by atoms with Crippen molar-refractivity contribution in [3.05, 3.63) is 0 Å². The van der Waals surface area contributed by atoms with Gasteiger partial charge in [0.05, 0.1) is 25.4 Å². The Balaban J connectivity index is 3.49. The Morgan fingerprint density at radius 2 is 1.17 bits per heavy atom. The Hall–Kier alpha value is -0.120. The van der Waals surface area contributed by atoms with Crippen LogP contribution in [0.15, 0.2) is 0 Å². The molecule has 3 heteroatoms. The third-order valence-electron chi connectivity index (χ3n) is 4.50. The molecule has 0 aliphatic heterocycles. The van der Waals surface area contributed by atoms with Crippen LogP contribution in [0.3, 0.4) is 0 Å². The number of rotatable bonds is 18. The number of unbranched alkanes of at least 4 members (excludes halogenated alkanes) is 10. The van der Waals surface area contributed by atoms with E-state index in [-0.39, 0.29) is 18.8 Å². The molecule has 0 aliphatic rings. The zero-order valence-corrected chi connectivity index (χ0v) is 15.8. The predicted octanol–water partition coefficient (Wildman–Crippen LogP) is 5.23. The van der Waals surface area contributed by atoms with Gasteiger partial charge >= 0.3 is 0 Å². The molecule has 0 amide bonds. The third-order valence-corrected chi connectivity index (χ3v) is 4.50. The molecule has 2 atom stereocenters. The highest BCUT2D eigenvalue weighted by Crippen LogP contribution is 2.12. The van der Waals surface area contributed by atoms with Crippen molar-refractivity contribution in [1.29, 1.82) is 0 Å². The van der Waals surface area contributed by atoms with E-state index < -0.39 is 0 Å². The van der Waals surface area contributed by atoms with E-state index in [1.807, 2.05) is 0 Å². The van der Waals surface area contributed by atoms with Gasteiger partial charge in [0.2, 0.25) is 0 Å². The number of hydrogen-bond donors (Lipinski definition) is 2. The van der Waals surface area contributed by atoms with E-state index >= 15 is 0 Å². The molecule has 0 spiro atoms. The van der Waals surface area contributed by atoms with E-state index in [9.17, 15) is 10.2 Å². The van der Waals surface area contributed by atoms with Gasteiger partial charge in [-0.25, -0.2) is 0 Å². The zero-order valence-electron chi connectivity index (χ0n) is 15.8. The van der Waals surface area contributed by atoms with Crippen LogP contribution < -0.4 is 0 Å². The summed E-state index contributed by atoms with van der Waals surface area (Å²) in [7, 11) is 0. The first-order valence-corrected chi connectivity index (χ1v) is 10.1. The van der Waals surface area contributed by atoms with Gasteiger partial charge in [-0.3, -0.25) is 0 Å². The highest BCUT2D eigenvalue weighted by atomic mass is 16.5. The summed E-state index contributed by atoms with van der Waals surface area (Å²) in [6, 6.07) is 0. The second-order valence-electron chi connectivity index (χ2n) is 6.90. The van der Waals surface area contributed by atoms with Gasteiger partial charge < -0.3 is 14.9 Å². The van der Waals surface area contributed by atoms with E-state index in [0.29, 0.717) is 6.61 Å². The van der Waals surface area contributed by atoms with Gasteiger partial charge in [0.1, 0.15) is 0 Å². The molecule has 0 aromatic heterocycles. The predicted molar refractivity (Wildman–Crippen MR) is 98.8 cm³/mol. The lowest BCUT2D eigenvalue weighted by molar-refractivity contribution is -0.0382. The minimum absolute atomic E-state index is 0.0682. The van der Waals surface area contributed by atoms with Gasteiger partial charge in [0.15, 0.2) is 0 Å². The van der Waals surface area contributed by atoms with Crippen LogP contribution in [0.2, 0.25) is 0 Å². The summed E-state index contributed by atoms with van der Waals surface area (Å²) >= 11 is 0. The summed E-state index contributed by atoms with van der Waals surface area (Å²) in [4.78, 5) is 0. The van der Waals surface area contributed by atoms with Gasteiger partial charge in [-0.2, -0.15) is 0 Å². The molecule has 140 valence electrons. The Morgan fingerprint density at radius 1 is 0.696 bits per heavy atom. The van der Waals surface area contributed by atoms with Crippen LogP contribution in [-0.4, -0.2) is 35.6 Å². The standard InChI is InChI=1S/C20H42O3/c1-3-5-7-9-11-13-15-19(22)18-23-20(17-21)16-14-12-10-8-6-4-2/h19-22H,3-18H2,1-2H3. The molecule has 0 fully saturated rings. The minimum Gasteiger partial charge on any atom is -0.394 e. The van der Waals surface area contributed by atoms with Crippen molar-refractivity contribution >= 4 is 0 Å². The maximum absolute atomic E-state index is 9.96. The van der Waals surface area contributed by atoms with Crippen molar-refractivity contribution in [2.45, 2.75) is 116 Å². The highest BCUT2D eigenvalue weighted by molar-refractivity contribution is 4.61. The maximum atomic E-state index is 9.96. The fourth-order valence-electron chi connectivity index (χ4n) is 2.87. The van der Waals surface area contributed by atoms with Crippen LogP contribution in [0.4, 0.5) is 0 Å². The summed E-state index contributed by atoms with van der Waals surface area (Å²) in [6.45, 7) is 4.89. The Kier molecular flexibility index (Phi) is 18.1. The van der Waals surface area contributed by atoms with Crippen molar-refractivity contribution < 1.29 is 14.9 Å². The molecule has 0 saturated carbocycles. The number of aliphatic hydroxyl groups excluding tert-OH is 2. The van der Waals surface area contributed by atoms with Crippen LogP contribution in [0.1, 0.15) is 104 Å². The van der Waals surface area contributed by atoms with E-state index in [1.54, 1.807) is 0 Å². The molecule has 23 heavy (non-hydrogen) atoms. The SMILES string of the molecule is CCCCCCCCC(O)COC(CO)CCCCCCCC. The number of hydrogen-bond acceptors (Lipinski definition) is 3. The van der Waals surface area contributed by atoms with E-state index in [4.69, 9.17) is 4.74 Å². The molecule has 0 radical (unpaired) electrons. The third kappa shape index (κ3) is 16.5. The van der Waals surface area contributed by atoms with Gasteiger partial charge in [0.25, 0.3) is 0 Å². The Labute approximate surface area is 144 Å². The topological polar surface area (TPSA) is 49.7 Å². The van der Waals surface area contributed by atoms with Crippen LogP contribution in [0, 0.1) is 0 Å². The molecule has 3 nitrogen and oxygen atoms in total. The van der Waals surface area contributed by atoms with E-state index in [2.05, 4.69) is 13.8 Å². The number of aliphatic hydroxyl groups is 2. The Morgan fingerprint density at radius 3 is 1.70 bits per heavy atom. The summed E-state index contributed by atoms with van der Waals surface area (Å²) in [5.74, 6) is 0. The van der Waals surface area contributed by atoms with E-state index in [0.717, 1.165) is 25.7 Å². The lowest BCUT2D eigenvalue weighted by Crippen LogP contribution is -2.24. The van der Waals surface area contributed by atoms with Crippen molar-refractivity contribution in [2.24, 2.45) is 0 Å². The fourth-order valence-corrected chi connectivity index (χ4v) is 2.87. The first-order valence-electron chi connectivity index (χ1n) is 10.1. The fraction of sp³-hybridized carbons (Fsp3) is 1.00. The second kappa shape index (κ2) is 18.2. The van der Waals surface area contributed by atoms with Crippen molar-refractivity contribution in [2.75, 3.05) is 13.2 Å². The summed E-state index contributed by atoms with van der Waals surface area (Å²) in [5, 5.41) is 19.3. The van der Waals surface area contributed by atoms with Crippen LogP contribution >= 0.6 is 0 Å². The van der Waals surface area contributed by atoms with Crippen LogP contribution in [0.25, 0.3) is 0 Å². The largest absolute Gasteiger partial charge is 0.394 e. The first-order chi connectivity index (χ1) is 11.2. The van der Waals surface area contributed by atoms with Crippen molar-refractivity contribution in [3.63, 3.8) is 0 Å². The zero-order chi connectivity index (χ0) is 17.2. The molecule has 2 unspecified atom stereocenters. The molecule has 0 aromatic rings. The molecule has 0 rings (SSSR count). The van der Waals surface area contributed by atoms with Gasteiger partial charge in [-0.05, 0) is 12.8 Å². The molecule has 2 N–H and O–H groups in total. The van der Waals surface area contributed by atoms with Crippen molar-refractivity contribution in [1.82, 2.24) is 0 Å². The lowest BCUT2D eigenvalue weighted by atomic mass is 10.1. The minimum atomic E-state index is -0.375. The molecular formula is C20H42O3. The molecule has 0 saturated heterocycles. The van der Waals surface area contributed by atoms with Gasteiger partial charge in [-0.15, -0.1) is 0 Å². The maximum Gasteiger partial charge on any atom is 0.0807 e. The summed E-state index contributed by atoms with van der Waals surface area (Å²) < 4.78 is 5.68. The molecule has 0 aromatic carbocycles. The normalized spacial score (nSPS) is 14.1. The average molecular weight is 331 g/mol. The monoisotopic (exact) mass is 330 g/mol. The number of ether oxygens (including phenoxy) is 1. The Bertz CT molecular complexity index is 221. The molecule has 0 bridgehead atoms. The highest BCUT2D eigenvalue weighted by Gasteiger charge is 2.11. The molecule has 0 heterocycles. The average Bonchev–Trinajstić information content (AvgIpc) is 2.56. The van der Waals surface area contributed by atoms with Gasteiger partial charge in [-0.1, -0.05) is 90.9 Å². The van der Waals surface area contributed by atoms with Crippen LogP contribution in [-0.2, 0) is 4.74 Å². The lowest BCUT2D eigenvalue weighted by Gasteiger charge is -2.18. The van der Waals surface area contributed by atoms with Crippen molar-refractivity contribution in [3.8, 4) is 0 Å². The summed E-state index contributed by atoms with van der Waals surface area (Å²) in [5.41, 5.74) is 0. The summed E-state index contributed by atoms with van der Waals surface area (Å²) in [6.07, 6.45) is 16.3. The van der Waals surface area contributed by atoms with Crippen LogP contribution in [0.5, 0.6) is 0 Å². The first kappa shape index (κ1) is 22.9. The molecule has 0 aliphatic carbocycles. The quantitative estimate of drug-likeness (QED) is 0.338. The van der Waals surface area contributed by atoms with Gasteiger partial charge in [0, 0.05) is 0 Å².